The normalized spacial score (nSPS) is 13.0. The summed E-state index contributed by atoms with van der Waals surface area (Å²) in [5, 5.41) is 13.4. The van der Waals surface area contributed by atoms with Crippen molar-refractivity contribution in [1.29, 1.82) is 0 Å². The number of aromatic nitrogens is 1. The molecule has 7 nitrogen and oxygen atoms in total. The van der Waals surface area contributed by atoms with Crippen molar-refractivity contribution < 1.29 is 24.2 Å². The minimum Gasteiger partial charge on any atom is -0.481 e. The molecule has 0 saturated carbocycles. The predicted octanol–water partition coefficient (Wildman–Crippen LogP) is 5.30. The number of amides is 1. The molecule has 1 unspecified atom stereocenters. The van der Waals surface area contributed by atoms with Gasteiger partial charge in [-0.3, -0.25) is 9.59 Å². The van der Waals surface area contributed by atoms with Gasteiger partial charge in [0, 0.05) is 22.0 Å². The van der Waals surface area contributed by atoms with Gasteiger partial charge in [0.2, 0.25) is 6.79 Å². The Labute approximate surface area is 209 Å². The lowest BCUT2D eigenvalue weighted by Gasteiger charge is -2.17. The van der Waals surface area contributed by atoms with Crippen LogP contribution in [0, 0.1) is 6.92 Å². The van der Waals surface area contributed by atoms with Gasteiger partial charge in [0.15, 0.2) is 11.5 Å². The molecule has 1 atom stereocenters. The topological polar surface area (TPSA) is 97.8 Å². The third kappa shape index (κ3) is 4.44. The maximum atomic E-state index is 13.5. The zero-order valence-electron chi connectivity index (χ0n) is 18.7. The summed E-state index contributed by atoms with van der Waals surface area (Å²) < 4.78 is 11.5. The third-order valence-corrected chi connectivity index (χ3v) is 6.52. The van der Waals surface area contributed by atoms with E-state index in [2.05, 4.69) is 21.2 Å². The van der Waals surface area contributed by atoms with Gasteiger partial charge in [-0.2, -0.15) is 0 Å². The number of aliphatic carboxylic acids is 1. The van der Waals surface area contributed by atoms with Gasteiger partial charge in [-0.15, -0.1) is 0 Å². The van der Waals surface area contributed by atoms with E-state index in [0.29, 0.717) is 44.8 Å². The molecule has 5 rings (SSSR count). The molecule has 2 N–H and O–H groups in total. The van der Waals surface area contributed by atoms with E-state index in [9.17, 15) is 14.7 Å². The van der Waals surface area contributed by atoms with E-state index in [4.69, 9.17) is 14.5 Å². The van der Waals surface area contributed by atoms with E-state index >= 15 is 0 Å². The summed E-state index contributed by atoms with van der Waals surface area (Å²) in [6.07, 6.45) is 0. The summed E-state index contributed by atoms with van der Waals surface area (Å²) in [6.45, 7) is 1.86. The Balaban J connectivity index is 1.50. The molecule has 176 valence electrons. The molecule has 2 heterocycles. The molecule has 1 amide bonds. The van der Waals surface area contributed by atoms with E-state index in [0.717, 1.165) is 10.0 Å². The molecule has 0 radical (unpaired) electrons. The van der Waals surface area contributed by atoms with Crippen molar-refractivity contribution in [3.8, 4) is 22.8 Å². The SMILES string of the molecule is Cc1c(-c2ccccc2)nc2ccc(Br)cc2c1C(=O)NCC(C(=O)O)c1ccc2c(c1)OCO2. The number of nitrogens with zero attached hydrogens (tertiary/aromatic N) is 1. The fraction of sp³-hybridized carbons (Fsp3) is 0.148. The molecule has 1 aromatic heterocycles. The highest BCUT2D eigenvalue weighted by atomic mass is 79.9. The van der Waals surface area contributed by atoms with E-state index in [1.165, 1.54) is 0 Å². The number of halogens is 1. The van der Waals surface area contributed by atoms with Crippen molar-refractivity contribution in [2.24, 2.45) is 0 Å². The van der Waals surface area contributed by atoms with Crippen LogP contribution in [0.2, 0.25) is 0 Å². The minimum atomic E-state index is -1.05. The van der Waals surface area contributed by atoms with Gasteiger partial charge >= 0.3 is 5.97 Å². The number of carbonyl (C=O) groups is 2. The first-order chi connectivity index (χ1) is 16.9. The van der Waals surface area contributed by atoms with Crippen LogP contribution < -0.4 is 14.8 Å². The number of fused-ring (bicyclic) bond motifs is 2. The Kier molecular flexibility index (Phi) is 6.13. The highest BCUT2D eigenvalue weighted by Crippen LogP contribution is 2.35. The smallest absolute Gasteiger partial charge is 0.312 e. The summed E-state index contributed by atoms with van der Waals surface area (Å²) in [5.74, 6) is -1.30. The van der Waals surface area contributed by atoms with Crippen LogP contribution in [0.25, 0.3) is 22.2 Å². The van der Waals surface area contributed by atoms with Crippen LogP contribution in [0.5, 0.6) is 11.5 Å². The Morgan fingerprint density at radius 2 is 1.83 bits per heavy atom. The number of pyridine rings is 1. The van der Waals surface area contributed by atoms with E-state index in [1.54, 1.807) is 18.2 Å². The summed E-state index contributed by atoms with van der Waals surface area (Å²) >= 11 is 3.48. The molecular weight excluding hydrogens is 512 g/mol. The van der Waals surface area contributed by atoms with Crippen molar-refractivity contribution >= 4 is 38.7 Å². The van der Waals surface area contributed by atoms with E-state index in [1.807, 2.05) is 55.5 Å². The van der Waals surface area contributed by atoms with Crippen molar-refractivity contribution in [2.75, 3.05) is 13.3 Å². The molecule has 0 fully saturated rings. The van der Waals surface area contributed by atoms with E-state index in [-0.39, 0.29) is 19.2 Å². The fourth-order valence-corrected chi connectivity index (χ4v) is 4.62. The van der Waals surface area contributed by atoms with Gasteiger partial charge in [0.25, 0.3) is 5.91 Å². The van der Waals surface area contributed by atoms with Crippen LogP contribution in [-0.2, 0) is 4.79 Å². The first kappa shape index (κ1) is 22.9. The zero-order valence-corrected chi connectivity index (χ0v) is 20.3. The molecule has 0 saturated heterocycles. The molecule has 35 heavy (non-hydrogen) atoms. The first-order valence-corrected chi connectivity index (χ1v) is 11.8. The second kappa shape index (κ2) is 9.38. The molecule has 8 heteroatoms. The molecule has 1 aliphatic rings. The lowest BCUT2D eigenvalue weighted by atomic mass is 9.96. The van der Waals surface area contributed by atoms with Gasteiger partial charge in [-0.25, -0.2) is 4.98 Å². The fourth-order valence-electron chi connectivity index (χ4n) is 4.26. The quantitative estimate of drug-likeness (QED) is 0.349. The second-order valence-electron chi connectivity index (χ2n) is 8.20. The summed E-state index contributed by atoms with van der Waals surface area (Å²) in [4.78, 5) is 30.4. The summed E-state index contributed by atoms with van der Waals surface area (Å²) in [7, 11) is 0. The molecule has 0 bridgehead atoms. The van der Waals surface area contributed by atoms with E-state index < -0.39 is 11.9 Å². The molecule has 3 aromatic carbocycles. The maximum absolute atomic E-state index is 13.5. The number of hydrogen-bond acceptors (Lipinski definition) is 5. The first-order valence-electron chi connectivity index (χ1n) is 11.0. The Bertz CT molecular complexity index is 1460. The second-order valence-corrected chi connectivity index (χ2v) is 9.12. The van der Waals surface area contributed by atoms with Gasteiger partial charge in [-0.1, -0.05) is 52.3 Å². The summed E-state index contributed by atoms with van der Waals surface area (Å²) in [6, 6.07) is 20.2. The number of carbonyl (C=O) groups excluding carboxylic acids is 1. The van der Waals surface area contributed by atoms with Crippen molar-refractivity contribution in [2.45, 2.75) is 12.8 Å². The van der Waals surface area contributed by atoms with Crippen LogP contribution in [0.1, 0.15) is 27.4 Å². The van der Waals surface area contributed by atoms with Gasteiger partial charge in [0.1, 0.15) is 0 Å². The Morgan fingerprint density at radius 3 is 2.60 bits per heavy atom. The molecule has 1 aliphatic heterocycles. The number of hydrogen-bond donors (Lipinski definition) is 2. The molecule has 4 aromatic rings. The van der Waals surface area contributed by atoms with Gasteiger partial charge in [0.05, 0.1) is 22.7 Å². The van der Waals surface area contributed by atoms with Crippen molar-refractivity contribution in [3.05, 3.63) is 87.9 Å². The van der Waals surface area contributed by atoms with Crippen molar-refractivity contribution in [3.63, 3.8) is 0 Å². The van der Waals surface area contributed by atoms with Crippen LogP contribution >= 0.6 is 15.9 Å². The number of ether oxygens (including phenoxy) is 2. The Hall–Kier alpha value is -3.91. The number of nitrogens with one attached hydrogen (secondary N) is 1. The molecule has 0 aliphatic carbocycles. The van der Waals surface area contributed by atoms with Crippen molar-refractivity contribution in [1.82, 2.24) is 10.3 Å². The van der Waals surface area contributed by atoms with Crippen LogP contribution in [0.3, 0.4) is 0 Å². The van der Waals surface area contributed by atoms with Gasteiger partial charge < -0.3 is 19.9 Å². The predicted molar refractivity (Wildman–Crippen MR) is 135 cm³/mol. The third-order valence-electron chi connectivity index (χ3n) is 6.03. The highest BCUT2D eigenvalue weighted by molar-refractivity contribution is 9.10. The zero-order chi connectivity index (χ0) is 24.5. The maximum Gasteiger partial charge on any atom is 0.312 e. The number of carboxylic acid groups (broad SMARTS) is 1. The standard InChI is InChI=1S/C27H21BrN2O5/c1-15-24(19-12-18(28)8-9-21(19)30-25(15)16-5-3-2-4-6-16)26(31)29-13-20(27(32)33)17-7-10-22-23(11-17)35-14-34-22/h2-12,20H,13-14H2,1H3,(H,29,31)(H,32,33). The lowest BCUT2D eigenvalue weighted by Crippen LogP contribution is -2.32. The monoisotopic (exact) mass is 532 g/mol. The number of benzene rings is 3. The van der Waals surface area contributed by atoms with Crippen LogP contribution in [-0.4, -0.2) is 35.3 Å². The largest absolute Gasteiger partial charge is 0.481 e. The highest BCUT2D eigenvalue weighted by Gasteiger charge is 2.26. The average Bonchev–Trinajstić information content (AvgIpc) is 3.32. The lowest BCUT2D eigenvalue weighted by molar-refractivity contribution is -0.138. The number of rotatable bonds is 6. The number of carboxylic acids is 1. The minimum absolute atomic E-state index is 0.0915. The molecule has 0 spiro atoms. The Morgan fingerprint density at radius 1 is 1.06 bits per heavy atom. The van der Waals surface area contributed by atoms with Gasteiger partial charge in [-0.05, 0) is 48.4 Å². The average molecular weight is 533 g/mol. The molecular formula is C27H21BrN2O5. The van der Waals surface area contributed by atoms with Crippen LogP contribution in [0.15, 0.2) is 71.2 Å². The summed E-state index contributed by atoms with van der Waals surface area (Å²) in [5.41, 5.74) is 3.97. The van der Waals surface area contributed by atoms with Crippen LogP contribution in [0.4, 0.5) is 0 Å².